The summed E-state index contributed by atoms with van der Waals surface area (Å²) in [5.74, 6) is 0.787. The van der Waals surface area contributed by atoms with Gasteiger partial charge in [-0.3, -0.25) is 4.98 Å². The molecule has 3 aromatic rings. The third-order valence-corrected chi connectivity index (χ3v) is 5.78. The molecule has 1 aromatic heterocycles. The first-order valence-electron chi connectivity index (χ1n) is 11.6. The standard InChI is InChI=1S/C28H30FN3O/c29-25-14-12-23(13-15-25)27-28(24-16-18-30-19-17-24)32(26(31-27)11-5-2-6-21-33)20-7-10-22-8-3-1-4-9-22/h1,3-4,8-9,11-19,31,33H,2,5-7,10,20-21H2. The van der Waals surface area contributed by atoms with Gasteiger partial charge in [-0.15, -0.1) is 0 Å². The molecule has 0 amide bonds. The molecule has 0 saturated heterocycles. The average Bonchev–Trinajstić information content (AvgIpc) is 3.22. The zero-order valence-corrected chi connectivity index (χ0v) is 18.8. The molecule has 4 rings (SSSR count). The van der Waals surface area contributed by atoms with Gasteiger partial charge in [0.15, 0.2) is 0 Å². The van der Waals surface area contributed by atoms with Gasteiger partial charge in [0.05, 0.1) is 11.4 Å². The van der Waals surface area contributed by atoms with Gasteiger partial charge in [0.1, 0.15) is 11.6 Å². The SMILES string of the molecule is OCCCCC=C1NC(c2ccc(F)cc2)=C(c2ccncc2)N1CCCc1ccccc1. The van der Waals surface area contributed by atoms with Crippen LogP contribution in [-0.4, -0.2) is 28.1 Å². The molecule has 5 heteroatoms. The molecule has 0 unspecified atom stereocenters. The molecule has 2 N–H and O–H groups in total. The van der Waals surface area contributed by atoms with Crippen molar-refractivity contribution in [2.45, 2.75) is 32.1 Å². The summed E-state index contributed by atoms with van der Waals surface area (Å²) in [6.45, 7) is 1.05. The van der Waals surface area contributed by atoms with E-state index in [4.69, 9.17) is 5.11 Å². The van der Waals surface area contributed by atoms with Gasteiger partial charge in [-0.05, 0) is 80.1 Å². The fraction of sp³-hybridized carbons (Fsp3) is 0.250. The Morgan fingerprint density at radius 3 is 2.36 bits per heavy atom. The number of aryl methyl sites for hydroxylation is 1. The second kappa shape index (κ2) is 11.4. The van der Waals surface area contributed by atoms with Crippen LogP contribution in [0.25, 0.3) is 11.4 Å². The summed E-state index contributed by atoms with van der Waals surface area (Å²) in [4.78, 5) is 6.52. The summed E-state index contributed by atoms with van der Waals surface area (Å²) in [6, 6.07) is 21.2. The number of hydrogen-bond acceptors (Lipinski definition) is 4. The van der Waals surface area contributed by atoms with Crippen molar-refractivity contribution >= 4 is 11.4 Å². The maximum absolute atomic E-state index is 13.6. The summed E-state index contributed by atoms with van der Waals surface area (Å²) < 4.78 is 13.6. The van der Waals surface area contributed by atoms with Crippen molar-refractivity contribution in [1.82, 2.24) is 15.2 Å². The number of hydrogen-bond donors (Lipinski definition) is 2. The molecule has 0 saturated carbocycles. The number of pyridine rings is 1. The van der Waals surface area contributed by atoms with Crippen LogP contribution in [0.1, 0.15) is 42.4 Å². The van der Waals surface area contributed by atoms with Gasteiger partial charge in [-0.1, -0.05) is 30.3 Å². The number of aliphatic hydroxyl groups is 1. The van der Waals surface area contributed by atoms with E-state index in [1.54, 1.807) is 12.4 Å². The van der Waals surface area contributed by atoms with E-state index in [9.17, 15) is 4.39 Å². The van der Waals surface area contributed by atoms with Crippen molar-refractivity contribution in [2.24, 2.45) is 0 Å². The molecule has 0 radical (unpaired) electrons. The Morgan fingerprint density at radius 2 is 1.64 bits per heavy atom. The zero-order chi connectivity index (χ0) is 22.9. The van der Waals surface area contributed by atoms with E-state index in [2.05, 4.69) is 45.5 Å². The Bertz CT molecular complexity index is 1080. The van der Waals surface area contributed by atoms with E-state index in [0.29, 0.717) is 0 Å². The number of halogens is 1. The molecule has 4 nitrogen and oxygen atoms in total. The topological polar surface area (TPSA) is 48.4 Å². The lowest BCUT2D eigenvalue weighted by Crippen LogP contribution is -2.23. The second-order valence-corrected chi connectivity index (χ2v) is 8.14. The number of allylic oxidation sites excluding steroid dienone is 1. The fourth-order valence-corrected chi connectivity index (χ4v) is 4.12. The van der Waals surface area contributed by atoms with E-state index in [0.717, 1.165) is 67.0 Å². The zero-order valence-electron chi connectivity index (χ0n) is 18.8. The highest BCUT2D eigenvalue weighted by atomic mass is 19.1. The van der Waals surface area contributed by atoms with Crippen molar-refractivity contribution in [1.29, 1.82) is 0 Å². The van der Waals surface area contributed by atoms with E-state index >= 15 is 0 Å². The van der Waals surface area contributed by atoms with Gasteiger partial charge in [0.25, 0.3) is 0 Å². The number of benzene rings is 2. The number of nitrogens with one attached hydrogen (secondary N) is 1. The average molecular weight is 444 g/mol. The summed E-state index contributed by atoms with van der Waals surface area (Å²) >= 11 is 0. The normalized spacial score (nSPS) is 14.7. The maximum Gasteiger partial charge on any atom is 0.123 e. The third kappa shape index (κ3) is 5.88. The maximum atomic E-state index is 13.6. The van der Waals surface area contributed by atoms with Gasteiger partial charge in [0.2, 0.25) is 0 Å². The Balaban J connectivity index is 1.67. The number of aromatic nitrogens is 1. The molecule has 33 heavy (non-hydrogen) atoms. The molecule has 2 heterocycles. The van der Waals surface area contributed by atoms with Crippen LogP contribution >= 0.6 is 0 Å². The fourth-order valence-electron chi connectivity index (χ4n) is 4.12. The molecule has 0 spiro atoms. The van der Waals surface area contributed by atoms with Crippen LogP contribution in [0.5, 0.6) is 0 Å². The lowest BCUT2D eigenvalue weighted by molar-refractivity contribution is 0.285. The highest BCUT2D eigenvalue weighted by Gasteiger charge is 2.28. The van der Waals surface area contributed by atoms with Crippen LogP contribution in [-0.2, 0) is 6.42 Å². The van der Waals surface area contributed by atoms with Crippen LogP contribution < -0.4 is 5.32 Å². The van der Waals surface area contributed by atoms with Gasteiger partial charge in [0, 0.05) is 36.7 Å². The van der Waals surface area contributed by atoms with Crippen LogP contribution in [0, 0.1) is 5.82 Å². The minimum atomic E-state index is -0.248. The first-order valence-corrected chi connectivity index (χ1v) is 11.6. The molecule has 0 atom stereocenters. The lowest BCUT2D eigenvalue weighted by atomic mass is 10.1. The molecule has 1 aliphatic heterocycles. The molecular weight excluding hydrogens is 413 g/mol. The van der Waals surface area contributed by atoms with E-state index < -0.39 is 0 Å². The van der Waals surface area contributed by atoms with Gasteiger partial charge in [-0.2, -0.15) is 0 Å². The van der Waals surface area contributed by atoms with Crippen molar-refractivity contribution in [3.63, 3.8) is 0 Å². The third-order valence-electron chi connectivity index (χ3n) is 5.78. The van der Waals surface area contributed by atoms with Crippen molar-refractivity contribution in [3.8, 4) is 0 Å². The minimum absolute atomic E-state index is 0.207. The van der Waals surface area contributed by atoms with Crippen molar-refractivity contribution < 1.29 is 9.50 Å². The molecule has 0 bridgehead atoms. The monoisotopic (exact) mass is 443 g/mol. The molecule has 170 valence electrons. The number of nitrogens with zero attached hydrogens (tertiary/aromatic N) is 2. The second-order valence-electron chi connectivity index (χ2n) is 8.14. The summed E-state index contributed by atoms with van der Waals surface area (Å²) in [6.07, 6.45) is 10.4. The molecule has 2 aromatic carbocycles. The van der Waals surface area contributed by atoms with E-state index in [1.807, 2.05) is 30.3 Å². The highest BCUT2D eigenvalue weighted by molar-refractivity contribution is 5.93. The van der Waals surface area contributed by atoms with Crippen LogP contribution in [0.4, 0.5) is 4.39 Å². The first-order chi connectivity index (χ1) is 16.3. The molecule has 0 aliphatic carbocycles. The van der Waals surface area contributed by atoms with Crippen molar-refractivity contribution in [2.75, 3.05) is 13.2 Å². The first kappa shape index (κ1) is 22.7. The largest absolute Gasteiger partial charge is 0.396 e. The predicted molar refractivity (Wildman–Crippen MR) is 131 cm³/mol. The quantitative estimate of drug-likeness (QED) is 0.401. The van der Waals surface area contributed by atoms with Crippen LogP contribution in [0.2, 0.25) is 0 Å². The predicted octanol–water partition coefficient (Wildman–Crippen LogP) is 5.59. The van der Waals surface area contributed by atoms with Crippen LogP contribution in [0.15, 0.2) is 91.0 Å². The Hall–Kier alpha value is -3.44. The van der Waals surface area contributed by atoms with Gasteiger partial charge >= 0.3 is 0 Å². The van der Waals surface area contributed by atoms with E-state index in [1.165, 1.54) is 17.7 Å². The van der Waals surface area contributed by atoms with Gasteiger partial charge in [-0.25, -0.2) is 4.39 Å². The summed E-state index contributed by atoms with van der Waals surface area (Å²) in [5.41, 5.74) is 5.37. The number of unbranched alkanes of at least 4 members (excludes halogenated alkanes) is 2. The van der Waals surface area contributed by atoms with Crippen molar-refractivity contribution in [3.05, 3.63) is 114 Å². The molecule has 0 fully saturated rings. The minimum Gasteiger partial charge on any atom is -0.396 e. The number of rotatable bonds is 10. The van der Waals surface area contributed by atoms with Gasteiger partial charge < -0.3 is 15.3 Å². The Morgan fingerprint density at radius 1 is 0.879 bits per heavy atom. The van der Waals surface area contributed by atoms with Crippen LogP contribution in [0.3, 0.4) is 0 Å². The number of aliphatic hydroxyl groups excluding tert-OH is 1. The lowest BCUT2D eigenvalue weighted by Gasteiger charge is -2.23. The Labute approximate surface area is 195 Å². The Kier molecular flexibility index (Phi) is 7.88. The smallest absolute Gasteiger partial charge is 0.123 e. The molecule has 1 aliphatic rings. The highest BCUT2D eigenvalue weighted by Crippen LogP contribution is 2.36. The summed E-state index contributed by atoms with van der Waals surface area (Å²) in [7, 11) is 0. The summed E-state index contributed by atoms with van der Waals surface area (Å²) in [5, 5.41) is 12.8. The van der Waals surface area contributed by atoms with E-state index in [-0.39, 0.29) is 12.4 Å². The molecular formula is C28H30FN3O.